The highest BCUT2D eigenvalue weighted by Crippen LogP contribution is 2.21. The highest BCUT2D eigenvalue weighted by Gasteiger charge is 2.22. The monoisotopic (exact) mass is 524 g/mol. The van der Waals surface area contributed by atoms with Gasteiger partial charge in [-0.1, -0.05) is 13.8 Å². The summed E-state index contributed by atoms with van der Waals surface area (Å²) < 4.78 is 11.0. The Morgan fingerprint density at radius 3 is 2.34 bits per heavy atom. The van der Waals surface area contributed by atoms with E-state index in [2.05, 4.69) is 34.0 Å². The summed E-state index contributed by atoms with van der Waals surface area (Å²) in [6.45, 7) is 13.2. The molecule has 0 radical (unpaired) electrons. The number of piperidine rings is 2. The summed E-state index contributed by atoms with van der Waals surface area (Å²) in [4.78, 5) is 9.53. The number of aliphatic imine (C=N–C) groups is 1. The number of unbranched alkanes of at least 4 members (excludes halogenated alkanes) is 1. The molecule has 2 aliphatic heterocycles. The molecule has 0 amide bonds. The van der Waals surface area contributed by atoms with Crippen LogP contribution in [0.3, 0.4) is 0 Å². The summed E-state index contributed by atoms with van der Waals surface area (Å²) in [6, 6.07) is 0. The zero-order valence-corrected chi connectivity index (χ0v) is 21.5. The SMILES string of the molecule is CN=C(NCCCCN1CC(C)CC(C)C1)N1CCC(OCCCOC)CC1.I. The second-order valence-electron chi connectivity index (χ2n) is 8.79. The second-order valence-corrected chi connectivity index (χ2v) is 8.79. The Morgan fingerprint density at radius 1 is 1.03 bits per heavy atom. The van der Waals surface area contributed by atoms with Crippen LogP contribution >= 0.6 is 24.0 Å². The van der Waals surface area contributed by atoms with Gasteiger partial charge in [0.15, 0.2) is 5.96 Å². The number of ether oxygens (including phenoxy) is 2. The van der Waals surface area contributed by atoms with Crippen molar-refractivity contribution in [2.75, 3.05) is 66.6 Å². The average molecular weight is 525 g/mol. The predicted octanol–water partition coefficient (Wildman–Crippen LogP) is 3.46. The molecule has 2 unspecified atom stereocenters. The van der Waals surface area contributed by atoms with Gasteiger partial charge in [0.25, 0.3) is 0 Å². The standard InChI is InChI=1S/C22H44N4O2.HI/c1-19-16-20(2)18-25(17-19)11-6-5-10-24-22(23-3)26-12-8-21(9-13-26)28-15-7-14-27-4;/h19-21H,5-18H2,1-4H3,(H,23,24);1H. The van der Waals surface area contributed by atoms with Crippen molar-refractivity contribution in [2.45, 2.75) is 58.5 Å². The van der Waals surface area contributed by atoms with Crippen molar-refractivity contribution in [3.05, 3.63) is 0 Å². The van der Waals surface area contributed by atoms with Gasteiger partial charge in [-0.3, -0.25) is 4.99 Å². The van der Waals surface area contributed by atoms with E-state index in [1.54, 1.807) is 7.11 Å². The highest BCUT2D eigenvalue weighted by molar-refractivity contribution is 14.0. The molecule has 0 bridgehead atoms. The van der Waals surface area contributed by atoms with Gasteiger partial charge < -0.3 is 24.6 Å². The lowest BCUT2D eigenvalue weighted by molar-refractivity contribution is 0.00991. The van der Waals surface area contributed by atoms with E-state index in [9.17, 15) is 0 Å². The van der Waals surface area contributed by atoms with Crippen molar-refractivity contribution in [3.8, 4) is 0 Å². The van der Waals surface area contributed by atoms with E-state index < -0.39 is 0 Å². The Balaban J connectivity index is 0.00000420. The molecule has 172 valence electrons. The fraction of sp³-hybridized carbons (Fsp3) is 0.955. The van der Waals surface area contributed by atoms with Gasteiger partial charge >= 0.3 is 0 Å². The first-order chi connectivity index (χ1) is 13.6. The Morgan fingerprint density at radius 2 is 1.72 bits per heavy atom. The van der Waals surface area contributed by atoms with Crippen LogP contribution in [0.1, 0.15) is 52.4 Å². The molecule has 7 heteroatoms. The minimum atomic E-state index is 0. The molecule has 6 nitrogen and oxygen atoms in total. The molecule has 29 heavy (non-hydrogen) atoms. The van der Waals surface area contributed by atoms with Crippen LogP contribution in [-0.4, -0.2) is 88.5 Å². The summed E-state index contributed by atoms with van der Waals surface area (Å²) in [6.07, 6.45) is 7.40. The molecular formula is C22H45IN4O2. The summed E-state index contributed by atoms with van der Waals surface area (Å²) in [7, 11) is 3.64. The van der Waals surface area contributed by atoms with Gasteiger partial charge in [0, 0.05) is 60.1 Å². The van der Waals surface area contributed by atoms with Gasteiger partial charge in [-0.2, -0.15) is 0 Å². The van der Waals surface area contributed by atoms with E-state index >= 15 is 0 Å². The number of halogens is 1. The molecule has 0 aromatic carbocycles. The third-order valence-electron chi connectivity index (χ3n) is 5.93. The minimum Gasteiger partial charge on any atom is -0.385 e. The van der Waals surface area contributed by atoms with Crippen LogP contribution in [0.2, 0.25) is 0 Å². The molecular weight excluding hydrogens is 479 g/mol. The summed E-state index contributed by atoms with van der Waals surface area (Å²) >= 11 is 0. The van der Waals surface area contributed by atoms with Crippen molar-refractivity contribution in [1.82, 2.24) is 15.1 Å². The number of likely N-dealkylation sites (tertiary alicyclic amines) is 2. The second kappa shape index (κ2) is 15.6. The molecule has 0 aromatic heterocycles. The third-order valence-corrected chi connectivity index (χ3v) is 5.93. The number of nitrogens with zero attached hydrogens (tertiary/aromatic N) is 3. The first kappa shape index (κ1) is 26.9. The molecule has 1 N–H and O–H groups in total. The van der Waals surface area contributed by atoms with E-state index in [1.165, 1.54) is 38.9 Å². The van der Waals surface area contributed by atoms with Crippen LogP contribution in [0, 0.1) is 11.8 Å². The van der Waals surface area contributed by atoms with Crippen LogP contribution in [0.25, 0.3) is 0 Å². The lowest BCUT2D eigenvalue weighted by atomic mass is 9.92. The van der Waals surface area contributed by atoms with Crippen LogP contribution in [0.5, 0.6) is 0 Å². The van der Waals surface area contributed by atoms with E-state index in [-0.39, 0.29) is 24.0 Å². The molecule has 2 fully saturated rings. The Hall–Kier alpha value is -0.120. The molecule has 2 atom stereocenters. The van der Waals surface area contributed by atoms with Crippen LogP contribution < -0.4 is 5.32 Å². The molecule has 2 rings (SSSR count). The topological polar surface area (TPSA) is 49.3 Å². The average Bonchev–Trinajstić information content (AvgIpc) is 2.68. The normalized spacial score (nSPS) is 24.4. The number of hydrogen-bond acceptors (Lipinski definition) is 4. The fourth-order valence-corrected chi connectivity index (χ4v) is 4.66. The Labute approximate surface area is 196 Å². The van der Waals surface area contributed by atoms with E-state index in [1.807, 2.05) is 7.05 Å². The summed E-state index contributed by atoms with van der Waals surface area (Å²) in [5.74, 6) is 2.76. The number of methoxy groups -OCH3 is 1. The number of hydrogen-bond donors (Lipinski definition) is 1. The zero-order valence-electron chi connectivity index (χ0n) is 19.2. The molecule has 0 aliphatic carbocycles. The third kappa shape index (κ3) is 10.6. The van der Waals surface area contributed by atoms with Crippen LogP contribution in [0.4, 0.5) is 0 Å². The smallest absolute Gasteiger partial charge is 0.193 e. The lowest BCUT2D eigenvalue weighted by Gasteiger charge is -2.35. The first-order valence-corrected chi connectivity index (χ1v) is 11.4. The quantitative estimate of drug-likeness (QED) is 0.205. The Bertz CT molecular complexity index is 435. The number of rotatable bonds is 10. The molecule has 0 saturated carbocycles. The van der Waals surface area contributed by atoms with Gasteiger partial charge in [-0.25, -0.2) is 0 Å². The Kier molecular flexibility index (Phi) is 14.5. The predicted molar refractivity (Wildman–Crippen MR) is 132 cm³/mol. The molecule has 2 aliphatic rings. The van der Waals surface area contributed by atoms with Crippen molar-refractivity contribution in [2.24, 2.45) is 16.8 Å². The molecule has 2 saturated heterocycles. The van der Waals surface area contributed by atoms with Gasteiger partial charge in [0.2, 0.25) is 0 Å². The largest absolute Gasteiger partial charge is 0.385 e. The van der Waals surface area contributed by atoms with Gasteiger partial charge in [-0.15, -0.1) is 24.0 Å². The maximum Gasteiger partial charge on any atom is 0.193 e. The van der Waals surface area contributed by atoms with E-state index in [0.29, 0.717) is 6.10 Å². The van der Waals surface area contributed by atoms with Gasteiger partial charge in [-0.05, 0) is 56.9 Å². The van der Waals surface area contributed by atoms with Crippen LogP contribution in [0.15, 0.2) is 4.99 Å². The molecule has 2 heterocycles. The maximum atomic E-state index is 5.96. The first-order valence-electron chi connectivity index (χ1n) is 11.4. The van der Waals surface area contributed by atoms with Gasteiger partial charge in [0.1, 0.15) is 0 Å². The highest BCUT2D eigenvalue weighted by atomic mass is 127. The number of guanidine groups is 1. The lowest BCUT2D eigenvalue weighted by Crippen LogP contribution is -2.47. The fourth-order valence-electron chi connectivity index (χ4n) is 4.66. The minimum absolute atomic E-state index is 0. The van der Waals surface area contributed by atoms with E-state index in [0.717, 1.165) is 69.9 Å². The van der Waals surface area contributed by atoms with Crippen molar-refractivity contribution < 1.29 is 9.47 Å². The summed E-state index contributed by atoms with van der Waals surface area (Å²) in [5, 5.41) is 3.57. The van der Waals surface area contributed by atoms with Crippen molar-refractivity contribution in [3.63, 3.8) is 0 Å². The number of nitrogens with one attached hydrogen (secondary N) is 1. The molecule has 0 spiro atoms. The van der Waals surface area contributed by atoms with Crippen LogP contribution in [-0.2, 0) is 9.47 Å². The van der Waals surface area contributed by atoms with Crippen molar-refractivity contribution in [1.29, 1.82) is 0 Å². The van der Waals surface area contributed by atoms with Crippen molar-refractivity contribution >= 4 is 29.9 Å². The maximum absolute atomic E-state index is 5.96. The zero-order chi connectivity index (χ0) is 20.2. The van der Waals surface area contributed by atoms with E-state index in [4.69, 9.17) is 9.47 Å². The summed E-state index contributed by atoms with van der Waals surface area (Å²) in [5.41, 5.74) is 0. The molecule has 0 aromatic rings. The van der Waals surface area contributed by atoms with Gasteiger partial charge in [0.05, 0.1) is 6.10 Å².